The van der Waals surface area contributed by atoms with E-state index in [0.717, 1.165) is 0 Å². The summed E-state index contributed by atoms with van der Waals surface area (Å²) < 4.78 is 6.63. The smallest absolute Gasteiger partial charge is 0.124 e. The Morgan fingerprint density at radius 3 is 2.74 bits per heavy atom. The van der Waals surface area contributed by atoms with Gasteiger partial charge in [0.25, 0.3) is 0 Å². The Morgan fingerprint density at radius 2 is 2.05 bits per heavy atom. The highest BCUT2D eigenvalue weighted by Gasteiger charge is 2.21. The Bertz CT molecular complexity index is 557. The van der Waals surface area contributed by atoms with Crippen LogP contribution in [-0.2, 0) is 11.3 Å². The van der Waals surface area contributed by atoms with Crippen molar-refractivity contribution in [1.29, 1.82) is 0 Å². The molecule has 1 aromatic carbocycles. The Morgan fingerprint density at radius 1 is 1.32 bits per heavy atom. The minimum atomic E-state index is -0.916. The van der Waals surface area contributed by atoms with Crippen LogP contribution in [0.3, 0.4) is 0 Å². The first-order valence-electron chi connectivity index (χ1n) is 5.77. The van der Waals surface area contributed by atoms with Crippen molar-refractivity contribution in [3.63, 3.8) is 0 Å². The summed E-state index contributed by atoms with van der Waals surface area (Å²) in [5, 5.41) is 15.5. The van der Waals surface area contributed by atoms with Gasteiger partial charge in [-0.15, -0.1) is 0 Å². The number of aliphatic hydroxyl groups is 1. The van der Waals surface area contributed by atoms with Gasteiger partial charge in [0.2, 0.25) is 0 Å². The first kappa shape index (κ1) is 14.3. The first-order valence-corrected chi connectivity index (χ1v) is 6.53. The highest BCUT2D eigenvalue weighted by atomic mass is 35.5. The zero-order valence-corrected chi connectivity index (χ0v) is 11.9. The van der Waals surface area contributed by atoms with Gasteiger partial charge in [-0.25, -0.2) is 0 Å². The van der Waals surface area contributed by atoms with E-state index < -0.39 is 6.10 Å². The summed E-state index contributed by atoms with van der Waals surface area (Å²) in [5.41, 5.74) is 1.12. The van der Waals surface area contributed by atoms with Crippen molar-refractivity contribution in [3.05, 3.63) is 51.8 Å². The molecule has 0 aliphatic heterocycles. The molecule has 0 spiro atoms. The predicted molar refractivity (Wildman–Crippen MR) is 74.6 cm³/mol. The van der Waals surface area contributed by atoms with Gasteiger partial charge in [0.15, 0.2) is 0 Å². The number of rotatable bonds is 5. The lowest BCUT2D eigenvalue weighted by Gasteiger charge is -2.15. The highest BCUT2D eigenvalue weighted by molar-refractivity contribution is 6.32. The molecule has 19 heavy (non-hydrogen) atoms. The van der Waals surface area contributed by atoms with Gasteiger partial charge < -0.3 is 9.84 Å². The molecule has 0 radical (unpaired) electrons. The Balaban J connectivity index is 2.35. The third kappa shape index (κ3) is 3.09. The summed E-state index contributed by atoms with van der Waals surface area (Å²) in [7, 11) is 1.61. The molecule has 2 aromatic rings. The van der Waals surface area contributed by atoms with E-state index in [2.05, 4.69) is 5.10 Å². The fourth-order valence-corrected chi connectivity index (χ4v) is 2.33. The van der Waals surface area contributed by atoms with Crippen LogP contribution >= 0.6 is 23.2 Å². The number of methoxy groups -OCH3 is 1. The van der Waals surface area contributed by atoms with E-state index in [1.54, 1.807) is 23.9 Å². The molecule has 4 nitrogen and oxygen atoms in total. The summed E-state index contributed by atoms with van der Waals surface area (Å²) in [6.45, 7) is 1.00. The Kier molecular flexibility index (Phi) is 4.82. The lowest BCUT2D eigenvalue weighted by Crippen LogP contribution is -2.13. The van der Waals surface area contributed by atoms with E-state index in [-0.39, 0.29) is 0 Å². The monoisotopic (exact) mass is 300 g/mol. The average Bonchev–Trinajstić information content (AvgIpc) is 2.77. The summed E-state index contributed by atoms with van der Waals surface area (Å²) in [6, 6.07) is 7.11. The minimum Gasteiger partial charge on any atom is -0.383 e. The highest BCUT2D eigenvalue weighted by Crippen LogP contribution is 2.31. The summed E-state index contributed by atoms with van der Waals surface area (Å²) in [5.74, 6) is 0. The summed E-state index contributed by atoms with van der Waals surface area (Å²) >= 11 is 12.2. The molecule has 0 saturated heterocycles. The lowest BCUT2D eigenvalue weighted by atomic mass is 10.1. The van der Waals surface area contributed by atoms with Gasteiger partial charge in [-0.05, 0) is 6.07 Å². The zero-order valence-electron chi connectivity index (χ0n) is 10.4. The Labute approximate surface area is 121 Å². The normalized spacial score (nSPS) is 12.6. The van der Waals surface area contributed by atoms with Crippen LogP contribution in [0, 0.1) is 0 Å². The standard InChI is InChI=1S/C13H14Cl2N2O2/c1-19-7-6-17-12(11(15)8-16-17)13(18)9-4-2-3-5-10(9)14/h2-5,8,13,18H,6-7H2,1H3. The van der Waals surface area contributed by atoms with Crippen LogP contribution in [0.1, 0.15) is 17.4 Å². The van der Waals surface area contributed by atoms with Gasteiger partial charge in [-0.2, -0.15) is 5.10 Å². The molecule has 1 unspecified atom stereocenters. The molecular formula is C13H14Cl2N2O2. The molecular weight excluding hydrogens is 287 g/mol. The number of aromatic nitrogens is 2. The van der Waals surface area contributed by atoms with Crippen molar-refractivity contribution in [3.8, 4) is 0 Å². The van der Waals surface area contributed by atoms with Crippen molar-refractivity contribution in [1.82, 2.24) is 9.78 Å². The molecule has 2 rings (SSSR count). The van der Waals surface area contributed by atoms with Gasteiger partial charge >= 0.3 is 0 Å². The van der Waals surface area contributed by atoms with Gasteiger partial charge in [0, 0.05) is 17.7 Å². The third-order valence-electron chi connectivity index (χ3n) is 2.80. The van der Waals surface area contributed by atoms with Crippen LogP contribution in [0.2, 0.25) is 10.0 Å². The molecule has 0 fully saturated rings. The molecule has 1 N–H and O–H groups in total. The van der Waals surface area contributed by atoms with E-state index in [1.165, 1.54) is 6.20 Å². The number of ether oxygens (including phenoxy) is 1. The molecule has 1 aromatic heterocycles. The van der Waals surface area contributed by atoms with Gasteiger partial charge in [-0.3, -0.25) is 4.68 Å². The van der Waals surface area contributed by atoms with Crippen LogP contribution in [-0.4, -0.2) is 28.6 Å². The van der Waals surface area contributed by atoms with E-state index in [9.17, 15) is 5.11 Å². The molecule has 6 heteroatoms. The molecule has 0 aliphatic rings. The van der Waals surface area contributed by atoms with E-state index in [1.807, 2.05) is 12.1 Å². The van der Waals surface area contributed by atoms with Crippen LogP contribution in [0.4, 0.5) is 0 Å². The predicted octanol–water partition coefficient (Wildman–Crippen LogP) is 2.92. The second kappa shape index (κ2) is 6.39. The quantitative estimate of drug-likeness (QED) is 0.923. The maximum absolute atomic E-state index is 10.5. The number of nitrogens with zero attached hydrogens (tertiary/aromatic N) is 2. The minimum absolute atomic E-state index is 0.406. The fraction of sp³-hybridized carbons (Fsp3) is 0.308. The van der Waals surface area contributed by atoms with Crippen LogP contribution in [0.15, 0.2) is 30.5 Å². The van der Waals surface area contributed by atoms with E-state index in [0.29, 0.717) is 34.5 Å². The number of halogens is 2. The van der Waals surface area contributed by atoms with Crippen molar-refractivity contribution < 1.29 is 9.84 Å². The lowest BCUT2D eigenvalue weighted by molar-refractivity contribution is 0.171. The van der Waals surface area contributed by atoms with Crippen molar-refractivity contribution in [2.75, 3.05) is 13.7 Å². The zero-order chi connectivity index (χ0) is 13.8. The molecule has 0 aliphatic carbocycles. The van der Waals surface area contributed by atoms with Crippen molar-refractivity contribution >= 4 is 23.2 Å². The number of hydrogen-bond donors (Lipinski definition) is 1. The molecule has 1 heterocycles. The van der Waals surface area contributed by atoms with Gasteiger partial charge in [-0.1, -0.05) is 41.4 Å². The number of benzene rings is 1. The molecule has 0 amide bonds. The van der Waals surface area contributed by atoms with Gasteiger partial charge in [0.05, 0.1) is 30.1 Å². The van der Waals surface area contributed by atoms with E-state index >= 15 is 0 Å². The maximum atomic E-state index is 10.5. The second-order valence-corrected chi connectivity index (χ2v) is 4.83. The average molecular weight is 301 g/mol. The summed E-state index contributed by atoms with van der Waals surface area (Å²) in [4.78, 5) is 0. The van der Waals surface area contributed by atoms with Crippen molar-refractivity contribution in [2.45, 2.75) is 12.6 Å². The molecule has 0 saturated carbocycles. The number of aliphatic hydroxyl groups excluding tert-OH is 1. The fourth-order valence-electron chi connectivity index (χ4n) is 1.84. The molecule has 0 bridgehead atoms. The topological polar surface area (TPSA) is 47.3 Å². The van der Waals surface area contributed by atoms with Crippen LogP contribution in [0.25, 0.3) is 0 Å². The van der Waals surface area contributed by atoms with Crippen molar-refractivity contribution in [2.24, 2.45) is 0 Å². The SMILES string of the molecule is COCCn1ncc(Cl)c1C(O)c1ccccc1Cl. The summed E-state index contributed by atoms with van der Waals surface area (Å²) in [6.07, 6.45) is 0.590. The molecule has 102 valence electrons. The second-order valence-electron chi connectivity index (χ2n) is 4.02. The molecule has 1 atom stereocenters. The first-order chi connectivity index (χ1) is 9.15. The maximum Gasteiger partial charge on any atom is 0.124 e. The van der Waals surface area contributed by atoms with Crippen LogP contribution in [0.5, 0.6) is 0 Å². The third-order valence-corrected chi connectivity index (χ3v) is 3.43. The van der Waals surface area contributed by atoms with Gasteiger partial charge in [0.1, 0.15) is 6.10 Å². The largest absolute Gasteiger partial charge is 0.383 e. The Hall–Kier alpha value is -1.07. The number of hydrogen-bond acceptors (Lipinski definition) is 3. The van der Waals surface area contributed by atoms with Crippen LogP contribution < -0.4 is 0 Å². The van der Waals surface area contributed by atoms with E-state index in [4.69, 9.17) is 27.9 Å².